The number of nitrogens with one attached hydrogen (secondary N) is 2. The van der Waals surface area contributed by atoms with Gasteiger partial charge in [0.25, 0.3) is 0 Å². The van der Waals surface area contributed by atoms with Gasteiger partial charge in [-0.25, -0.2) is 4.39 Å². The number of carbonyl (C=O) groups is 1. The molecule has 2 aliphatic heterocycles. The summed E-state index contributed by atoms with van der Waals surface area (Å²) < 4.78 is 29.1. The molecule has 1 fully saturated rings. The van der Waals surface area contributed by atoms with Crippen molar-refractivity contribution in [3.8, 4) is 22.6 Å². The van der Waals surface area contributed by atoms with Crippen LogP contribution in [0.25, 0.3) is 11.1 Å². The molecule has 10 heteroatoms. The van der Waals surface area contributed by atoms with E-state index in [4.69, 9.17) is 9.47 Å². The van der Waals surface area contributed by atoms with E-state index in [0.29, 0.717) is 72.2 Å². The van der Waals surface area contributed by atoms with E-state index in [1.165, 1.54) is 13.2 Å². The first-order valence-corrected chi connectivity index (χ1v) is 14.0. The molecule has 2 atom stereocenters. The molecule has 0 aliphatic carbocycles. The number of hydrogen-bond donors (Lipinski definition) is 3. The molecule has 1 saturated heterocycles. The zero-order chi connectivity index (χ0) is 30.1. The Morgan fingerprint density at radius 1 is 1.26 bits per heavy atom. The number of hydrogen-bond acceptors (Lipinski definition) is 7. The smallest absolute Gasteiger partial charge is 0.246 e. The molecule has 3 heterocycles. The van der Waals surface area contributed by atoms with Crippen molar-refractivity contribution < 1.29 is 23.8 Å². The molecule has 3 aromatic rings. The van der Waals surface area contributed by atoms with Gasteiger partial charge in [0.15, 0.2) is 5.82 Å². The molecule has 1 aromatic heterocycles. The molecule has 42 heavy (non-hydrogen) atoms. The summed E-state index contributed by atoms with van der Waals surface area (Å²) in [5, 5.41) is 23.2. The van der Waals surface area contributed by atoms with E-state index in [2.05, 4.69) is 16.9 Å². The highest BCUT2D eigenvalue weighted by Gasteiger charge is 2.37. The number of aliphatic hydroxyl groups is 1. The monoisotopic (exact) mass is 573 g/mol. The van der Waals surface area contributed by atoms with E-state index < -0.39 is 11.9 Å². The second-order valence-corrected chi connectivity index (χ2v) is 10.6. The van der Waals surface area contributed by atoms with Crippen LogP contribution >= 0.6 is 0 Å². The first-order valence-electron chi connectivity index (χ1n) is 14.0. The van der Waals surface area contributed by atoms with Gasteiger partial charge >= 0.3 is 0 Å². The number of fused-ring (bicyclic) bond motifs is 2. The molecule has 2 unspecified atom stereocenters. The number of amides is 1. The topological polar surface area (TPSA) is 111 Å². The Morgan fingerprint density at radius 3 is 2.74 bits per heavy atom. The highest BCUT2D eigenvalue weighted by atomic mass is 19.1. The Balaban J connectivity index is 1.74. The molecule has 0 radical (unpaired) electrons. The molecule has 5 rings (SSSR count). The number of rotatable bonds is 6. The average Bonchev–Trinajstić information content (AvgIpc) is 2.98. The van der Waals surface area contributed by atoms with Crippen LogP contribution in [0.15, 0.2) is 49.2 Å². The highest BCUT2D eigenvalue weighted by molar-refractivity contribution is 6.07. The molecular weight excluding hydrogens is 537 g/mol. The number of amidine groups is 1. The molecule has 9 nitrogen and oxygen atoms in total. The summed E-state index contributed by atoms with van der Waals surface area (Å²) in [4.78, 5) is 20.4. The van der Waals surface area contributed by atoms with Crippen LogP contribution in [0.2, 0.25) is 0 Å². The molecule has 220 valence electrons. The Morgan fingerprint density at radius 2 is 2.02 bits per heavy atom. The van der Waals surface area contributed by atoms with Gasteiger partial charge in [0.1, 0.15) is 17.3 Å². The second-order valence-electron chi connectivity index (χ2n) is 10.6. The minimum atomic E-state index is -0.924. The van der Waals surface area contributed by atoms with Crippen LogP contribution in [-0.2, 0) is 4.79 Å². The van der Waals surface area contributed by atoms with Crippen LogP contribution in [0.1, 0.15) is 41.8 Å². The highest BCUT2D eigenvalue weighted by Crippen LogP contribution is 2.46. The summed E-state index contributed by atoms with van der Waals surface area (Å²) in [7, 11) is 1.54. The van der Waals surface area contributed by atoms with Crippen LogP contribution in [0.3, 0.4) is 0 Å². The molecule has 2 aromatic carbocycles. The fourth-order valence-corrected chi connectivity index (χ4v) is 5.86. The lowest BCUT2D eigenvalue weighted by Gasteiger charge is -2.44. The molecule has 3 N–H and O–H groups in total. The van der Waals surface area contributed by atoms with Crippen LogP contribution in [0.4, 0.5) is 15.8 Å². The zero-order valence-corrected chi connectivity index (χ0v) is 24.3. The Bertz CT molecular complexity index is 1560. The van der Waals surface area contributed by atoms with Gasteiger partial charge in [-0.05, 0) is 44.5 Å². The number of aromatic nitrogens is 1. The predicted molar refractivity (Wildman–Crippen MR) is 160 cm³/mol. The van der Waals surface area contributed by atoms with Crippen LogP contribution in [0, 0.1) is 25.1 Å². The van der Waals surface area contributed by atoms with E-state index in [-0.39, 0.29) is 29.0 Å². The predicted octanol–water partition coefficient (Wildman–Crippen LogP) is 5.12. The normalized spacial score (nSPS) is 17.3. The van der Waals surface area contributed by atoms with Crippen LogP contribution in [-0.4, -0.2) is 71.0 Å². The standard InChI is InChI=1S/C32H36FN5O4/c1-6-24(40)37-14-15-38-21(17-37)12-16-42-31-19(3)25(22-9-7-8-10-23(22)41-5)27(33)30(26(31)32(38)34)36-28-18(2)11-13-35-29(28)20(4)39/h6-11,13,20-21,34,36,39H,1,12,14-17H2,2-5H3. The summed E-state index contributed by atoms with van der Waals surface area (Å²) >= 11 is 0. The first kappa shape index (κ1) is 29.1. The summed E-state index contributed by atoms with van der Waals surface area (Å²) in [6.07, 6.45) is 2.54. The van der Waals surface area contributed by atoms with Gasteiger partial charge < -0.3 is 29.7 Å². The number of methoxy groups -OCH3 is 1. The number of piperazine rings is 1. The number of aryl methyl sites for hydroxylation is 1. The van der Waals surface area contributed by atoms with Gasteiger partial charge in [0.2, 0.25) is 5.91 Å². The van der Waals surface area contributed by atoms with Gasteiger partial charge in [0, 0.05) is 48.9 Å². The SMILES string of the molecule is C=CC(=O)N1CCN2C(=N)c3c(Nc4c(C)ccnc4C(C)O)c(F)c(-c4ccccc4OC)c(C)c3OCCC2C1. The maximum atomic E-state index is 17.1. The van der Waals surface area contributed by atoms with Crippen molar-refractivity contribution in [2.75, 3.05) is 38.7 Å². The Kier molecular flexibility index (Phi) is 8.17. The Labute approximate surface area is 245 Å². The third kappa shape index (κ3) is 5.07. The third-order valence-corrected chi connectivity index (χ3v) is 8.03. The van der Waals surface area contributed by atoms with E-state index >= 15 is 4.39 Å². The fourth-order valence-electron chi connectivity index (χ4n) is 5.86. The van der Waals surface area contributed by atoms with Crippen LogP contribution in [0.5, 0.6) is 11.5 Å². The molecular formula is C32H36FN5O4. The molecule has 0 saturated carbocycles. The van der Waals surface area contributed by atoms with Crippen molar-refractivity contribution in [1.82, 2.24) is 14.8 Å². The number of benzene rings is 2. The minimum absolute atomic E-state index is 0.0461. The summed E-state index contributed by atoms with van der Waals surface area (Å²) in [5.41, 5.74) is 3.26. The number of ether oxygens (including phenoxy) is 2. The lowest BCUT2D eigenvalue weighted by atomic mass is 9.92. The summed E-state index contributed by atoms with van der Waals surface area (Å²) in [5.74, 6) is 0.246. The van der Waals surface area contributed by atoms with Crippen molar-refractivity contribution in [3.05, 3.63) is 77.4 Å². The first-order chi connectivity index (χ1) is 20.2. The second kappa shape index (κ2) is 11.8. The number of para-hydroxylation sites is 1. The largest absolute Gasteiger partial charge is 0.496 e. The number of anilines is 2. The van der Waals surface area contributed by atoms with Gasteiger partial charge in [-0.15, -0.1) is 0 Å². The average molecular weight is 574 g/mol. The number of pyridine rings is 1. The number of carbonyl (C=O) groups excluding carboxylic acids is 1. The zero-order valence-electron chi connectivity index (χ0n) is 24.3. The van der Waals surface area contributed by atoms with Gasteiger partial charge in [-0.3, -0.25) is 15.2 Å². The molecule has 0 bridgehead atoms. The lowest BCUT2D eigenvalue weighted by molar-refractivity contribution is -0.128. The molecule has 2 aliphatic rings. The number of aliphatic hydroxyl groups excluding tert-OH is 1. The maximum absolute atomic E-state index is 17.1. The van der Waals surface area contributed by atoms with Crippen molar-refractivity contribution in [2.45, 2.75) is 39.3 Å². The fraction of sp³-hybridized carbons (Fsp3) is 0.344. The lowest BCUT2D eigenvalue weighted by Crippen LogP contribution is -2.57. The van der Waals surface area contributed by atoms with E-state index in [9.17, 15) is 15.3 Å². The summed E-state index contributed by atoms with van der Waals surface area (Å²) in [6, 6.07) is 8.78. The molecule has 0 spiro atoms. The van der Waals surface area contributed by atoms with E-state index in [1.807, 2.05) is 24.0 Å². The van der Waals surface area contributed by atoms with Gasteiger partial charge in [-0.1, -0.05) is 24.8 Å². The van der Waals surface area contributed by atoms with Crippen molar-refractivity contribution >= 4 is 23.1 Å². The van der Waals surface area contributed by atoms with Crippen molar-refractivity contribution in [1.29, 1.82) is 5.41 Å². The minimum Gasteiger partial charge on any atom is -0.496 e. The summed E-state index contributed by atoms with van der Waals surface area (Å²) in [6.45, 7) is 10.4. The maximum Gasteiger partial charge on any atom is 0.246 e. The van der Waals surface area contributed by atoms with E-state index in [1.54, 1.807) is 43.1 Å². The van der Waals surface area contributed by atoms with Crippen molar-refractivity contribution in [2.24, 2.45) is 0 Å². The quantitative estimate of drug-likeness (QED) is 0.351. The van der Waals surface area contributed by atoms with Crippen molar-refractivity contribution in [3.63, 3.8) is 0 Å². The van der Waals surface area contributed by atoms with E-state index in [0.717, 1.165) is 5.56 Å². The van der Waals surface area contributed by atoms with Crippen LogP contribution < -0.4 is 14.8 Å². The molecule has 1 amide bonds. The third-order valence-electron chi connectivity index (χ3n) is 8.03. The Hall–Kier alpha value is -4.44. The van der Waals surface area contributed by atoms with Gasteiger partial charge in [0.05, 0.1) is 48.5 Å². The number of nitrogens with zero attached hydrogens (tertiary/aromatic N) is 3. The number of halogens is 1. The van der Waals surface area contributed by atoms with Gasteiger partial charge in [-0.2, -0.15) is 0 Å².